The Bertz CT molecular complexity index is 782. The second-order valence-corrected chi connectivity index (χ2v) is 5.10. The fourth-order valence-electron chi connectivity index (χ4n) is 1.98. The number of benzene rings is 1. The predicted octanol–water partition coefficient (Wildman–Crippen LogP) is 2.62. The molecule has 1 aromatic heterocycles. The van der Waals surface area contributed by atoms with Gasteiger partial charge in [0.1, 0.15) is 5.76 Å². The van der Waals surface area contributed by atoms with Gasteiger partial charge in [0.25, 0.3) is 11.6 Å². The molecule has 0 aliphatic heterocycles. The second kappa shape index (κ2) is 8.44. The number of furan rings is 1. The summed E-state index contributed by atoms with van der Waals surface area (Å²) in [5.74, 6) is -0.612. The van der Waals surface area contributed by atoms with Crippen LogP contribution in [0.15, 0.2) is 53.2 Å². The lowest BCUT2D eigenvalue weighted by Gasteiger charge is -2.11. The third-order valence-electron chi connectivity index (χ3n) is 3.19. The van der Waals surface area contributed by atoms with E-state index in [0.29, 0.717) is 11.3 Å². The van der Waals surface area contributed by atoms with E-state index < -0.39 is 23.4 Å². The van der Waals surface area contributed by atoms with Crippen LogP contribution in [0.4, 0.5) is 5.69 Å². The van der Waals surface area contributed by atoms with Gasteiger partial charge in [-0.25, -0.2) is 4.79 Å². The lowest BCUT2D eigenvalue weighted by atomic mass is 10.2. The van der Waals surface area contributed by atoms with Gasteiger partial charge in [0, 0.05) is 18.2 Å². The number of ether oxygens (including phenoxy) is 1. The summed E-state index contributed by atoms with van der Waals surface area (Å²) in [6.45, 7) is 1.30. The van der Waals surface area contributed by atoms with Crippen LogP contribution in [0.5, 0.6) is 0 Å². The fraction of sp³-hybridized carbons (Fsp3) is 0.176. The lowest BCUT2D eigenvalue weighted by Crippen LogP contribution is -2.30. The molecule has 1 atom stereocenters. The zero-order valence-corrected chi connectivity index (χ0v) is 13.4. The summed E-state index contributed by atoms with van der Waals surface area (Å²) < 4.78 is 9.97. The number of amides is 1. The topological polar surface area (TPSA) is 112 Å². The highest BCUT2D eigenvalue weighted by Crippen LogP contribution is 2.14. The first-order valence-electron chi connectivity index (χ1n) is 7.38. The van der Waals surface area contributed by atoms with Gasteiger partial charge < -0.3 is 14.5 Å². The maximum absolute atomic E-state index is 11.7. The number of nitrogens with one attached hydrogen (secondary N) is 1. The minimum atomic E-state index is -0.729. The Morgan fingerprint density at radius 2 is 2.16 bits per heavy atom. The number of nitro benzene ring substituents is 1. The first-order chi connectivity index (χ1) is 12.0. The number of carbonyl (C=O) groups excluding carboxylic acids is 2. The Hall–Kier alpha value is -3.42. The summed E-state index contributed by atoms with van der Waals surface area (Å²) in [4.78, 5) is 33.5. The van der Waals surface area contributed by atoms with Crippen molar-refractivity contribution in [2.45, 2.75) is 13.0 Å². The van der Waals surface area contributed by atoms with E-state index in [-0.39, 0.29) is 11.7 Å². The van der Waals surface area contributed by atoms with Gasteiger partial charge in [-0.05, 0) is 30.7 Å². The van der Waals surface area contributed by atoms with E-state index in [4.69, 9.17) is 9.15 Å². The Balaban J connectivity index is 1.81. The van der Waals surface area contributed by atoms with Gasteiger partial charge in [-0.2, -0.15) is 0 Å². The van der Waals surface area contributed by atoms with Gasteiger partial charge in [0.15, 0.2) is 6.61 Å². The molecule has 1 N–H and O–H groups in total. The minimum Gasteiger partial charge on any atom is -0.467 e. The molecule has 0 spiro atoms. The fourth-order valence-corrected chi connectivity index (χ4v) is 1.98. The highest BCUT2D eigenvalue weighted by atomic mass is 16.6. The molecule has 0 aliphatic carbocycles. The number of hydrogen-bond acceptors (Lipinski definition) is 6. The van der Waals surface area contributed by atoms with E-state index in [1.54, 1.807) is 25.1 Å². The Morgan fingerprint density at radius 3 is 2.84 bits per heavy atom. The molecule has 2 aromatic rings. The summed E-state index contributed by atoms with van der Waals surface area (Å²) in [5, 5.41) is 13.3. The molecule has 1 aromatic carbocycles. The van der Waals surface area contributed by atoms with Gasteiger partial charge in [-0.1, -0.05) is 12.1 Å². The minimum absolute atomic E-state index is 0.0817. The molecule has 0 fully saturated rings. The smallest absolute Gasteiger partial charge is 0.331 e. The molecule has 0 unspecified atom stereocenters. The Kier molecular flexibility index (Phi) is 6.05. The van der Waals surface area contributed by atoms with E-state index in [2.05, 4.69) is 5.32 Å². The van der Waals surface area contributed by atoms with Gasteiger partial charge >= 0.3 is 5.97 Å². The zero-order valence-electron chi connectivity index (χ0n) is 13.4. The first kappa shape index (κ1) is 17.9. The molecule has 0 aliphatic rings. The number of carbonyl (C=O) groups is 2. The molecule has 130 valence electrons. The summed E-state index contributed by atoms with van der Waals surface area (Å²) >= 11 is 0. The number of esters is 1. The molecule has 8 heteroatoms. The molecule has 8 nitrogen and oxygen atoms in total. The third-order valence-corrected chi connectivity index (χ3v) is 3.19. The zero-order chi connectivity index (χ0) is 18.2. The maximum atomic E-state index is 11.7. The highest BCUT2D eigenvalue weighted by molar-refractivity contribution is 5.89. The first-order valence-corrected chi connectivity index (χ1v) is 7.38. The normalized spacial score (nSPS) is 11.9. The van der Waals surface area contributed by atoms with Gasteiger partial charge in [0.05, 0.1) is 17.2 Å². The molecule has 0 saturated heterocycles. The van der Waals surface area contributed by atoms with Crippen LogP contribution in [0, 0.1) is 10.1 Å². The molecular weight excluding hydrogens is 328 g/mol. The molecule has 0 saturated carbocycles. The van der Waals surface area contributed by atoms with Crippen molar-refractivity contribution in [3.63, 3.8) is 0 Å². The largest absolute Gasteiger partial charge is 0.467 e. The summed E-state index contributed by atoms with van der Waals surface area (Å²) in [7, 11) is 0. The van der Waals surface area contributed by atoms with Crippen molar-refractivity contribution in [3.8, 4) is 0 Å². The SMILES string of the molecule is C[C@@H](NC(=O)COC(=O)/C=C/c1cccc([N+](=O)[O-])c1)c1ccco1. The Morgan fingerprint density at radius 1 is 1.36 bits per heavy atom. The van der Waals surface area contributed by atoms with Crippen LogP contribution >= 0.6 is 0 Å². The van der Waals surface area contributed by atoms with Crippen LogP contribution in [0.2, 0.25) is 0 Å². The van der Waals surface area contributed by atoms with E-state index in [1.165, 1.54) is 30.5 Å². The second-order valence-electron chi connectivity index (χ2n) is 5.10. The van der Waals surface area contributed by atoms with Gasteiger partial charge in [-0.15, -0.1) is 0 Å². The van der Waals surface area contributed by atoms with Crippen LogP contribution in [0.25, 0.3) is 6.08 Å². The van der Waals surface area contributed by atoms with Crippen LogP contribution in [-0.2, 0) is 14.3 Å². The predicted molar refractivity (Wildman–Crippen MR) is 88.4 cm³/mol. The monoisotopic (exact) mass is 344 g/mol. The average molecular weight is 344 g/mol. The number of hydrogen-bond donors (Lipinski definition) is 1. The van der Waals surface area contributed by atoms with Gasteiger partial charge in [0.2, 0.25) is 0 Å². The number of nitrogens with zero attached hydrogens (tertiary/aromatic N) is 1. The standard InChI is InChI=1S/C17H16N2O6/c1-12(15-6-3-9-24-15)18-16(20)11-25-17(21)8-7-13-4-2-5-14(10-13)19(22)23/h2-10,12H,11H2,1H3,(H,18,20)/b8-7+/t12-/m1/s1. The van der Waals surface area contributed by atoms with Crippen molar-refractivity contribution < 1.29 is 23.7 Å². The summed E-state index contributed by atoms with van der Waals surface area (Å²) in [5.41, 5.74) is 0.392. The van der Waals surface area contributed by atoms with E-state index >= 15 is 0 Å². The van der Waals surface area contributed by atoms with Crippen molar-refractivity contribution in [1.29, 1.82) is 0 Å². The van der Waals surface area contributed by atoms with E-state index in [9.17, 15) is 19.7 Å². The van der Waals surface area contributed by atoms with Crippen LogP contribution in [0.3, 0.4) is 0 Å². The van der Waals surface area contributed by atoms with Crippen molar-refractivity contribution in [2.24, 2.45) is 0 Å². The third kappa shape index (κ3) is 5.61. The van der Waals surface area contributed by atoms with Crippen molar-refractivity contribution >= 4 is 23.6 Å². The quantitative estimate of drug-likeness (QED) is 0.358. The average Bonchev–Trinajstić information content (AvgIpc) is 3.13. The lowest BCUT2D eigenvalue weighted by molar-refractivity contribution is -0.384. The Labute approximate surface area is 143 Å². The summed E-state index contributed by atoms with van der Waals surface area (Å²) in [6.07, 6.45) is 3.97. The van der Waals surface area contributed by atoms with Crippen LogP contribution < -0.4 is 5.32 Å². The number of rotatable bonds is 7. The van der Waals surface area contributed by atoms with Crippen molar-refractivity contribution in [1.82, 2.24) is 5.32 Å². The highest BCUT2D eigenvalue weighted by Gasteiger charge is 2.12. The maximum Gasteiger partial charge on any atom is 0.331 e. The number of nitro groups is 1. The molecule has 1 amide bonds. The molecule has 0 radical (unpaired) electrons. The summed E-state index contributed by atoms with van der Waals surface area (Å²) in [6, 6.07) is 8.86. The molecule has 0 bridgehead atoms. The van der Waals surface area contributed by atoms with E-state index in [0.717, 1.165) is 6.08 Å². The molecular formula is C17H16N2O6. The van der Waals surface area contributed by atoms with Crippen molar-refractivity contribution in [2.75, 3.05) is 6.61 Å². The molecule has 1 heterocycles. The molecule has 25 heavy (non-hydrogen) atoms. The van der Waals surface area contributed by atoms with Crippen LogP contribution in [0.1, 0.15) is 24.3 Å². The number of non-ortho nitro benzene ring substituents is 1. The molecule has 2 rings (SSSR count). The van der Waals surface area contributed by atoms with E-state index in [1.807, 2.05) is 0 Å². The van der Waals surface area contributed by atoms with Crippen molar-refractivity contribution in [3.05, 3.63) is 70.2 Å². The van der Waals surface area contributed by atoms with Gasteiger partial charge in [-0.3, -0.25) is 14.9 Å². The van der Waals surface area contributed by atoms with Crippen LogP contribution in [-0.4, -0.2) is 23.4 Å².